The molecule has 0 radical (unpaired) electrons. The van der Waals surface area contributed by atoms with E-state index in [4.69, 9.17) is 0 Å². The third kappa shape index (κ3) is 2.43. The minimum absolute atomic E-state index is 0.116. The molecule has 0 aromatic heterocycles. The smallest absolute Gasteiger partial charge is 0.126 e. The van der Waals surface area contributed by atoms with Crippen LogP contribution in [-0.4, -0.2) is 0 Å². The van der Waals surface area contributed by atoms with E-state index in [1.54, 1.807) is 6.08 Å². The summed E-state index contributed by atoms with van der Waals surface area (Å²) in [7, 11) is 0. The number of halogens is 1. The molecule has 0 spiro atoms. The molecule has 70 valence electrons. The standard InChI is InChI=1S/C12H15F/c1-4-11-7-5-6-9(2)8-12(13)10(11)3/h5,8H,4,6H2,1-3H3/b9-8-,12-10+. The summed E-state index contributed by atoms with van der Waals surface area (Å²) in [5, 5.41) is 0. The van der Waals surface area contributed by atoms with Gasteiger partial charge in [0.1, 0.15) is 5.83 Å². The molecule has 0 aromatic rings. The second-order valence-corrected chi connectivity index (χ2v) is 3.35. The zero-order valence-corrected chi connectivity index (χ0v) is 8.45. The van der Waals surface area contributed by atoms with E-state index in [1.165, 1.54) is 0 Å². The van der Waals surface area contributed by atoms with E-state index in [0.717, 1.165) is 29.6 Å². The minimum Gasteiger partial charge on any atom is -0.207 e. The van der Waals surface area contributed by atoms with Gasteiger partial charge in [-0.3, -0.25) is 0 Å². The Labute approximate surface area is 79.2 Å². The molecule has 1 aliphatic carbocycles. The fourth-order valence-electron chi connectivity index (χ4n) is 1.34. The number of hydrogen-bond acceptors (Lipinski definition) is 0. The quantitative estimate of drug-likeness (QED) is 0.531. The molecule has 0 amide bonds. The van der Waals surface area contributed by atoms with Crippen molar-refractivity contribution in [2.24, 2.45) is 0 Å². The van der Waals surface area contributed by atoms with Gasteiger partial charge in [0.25, 0.3) is 0 Å². The van der Waals surface area contributed by atoms with Crippen LogP contribution in [0.2, 0.25) is 0 Å². The lowest BCUT2D eigenvalue weighted by Crippen LogP contribution is -1.88. The van der Waals surface area contributed by atoms with Crippen molar-refractivity contribution in [2.75, 3.05) is 0 Å². The average molecular weight is 178 g/mol. The lowest BCUT2D eigenvalue weighted by molar-refractivity contribution is 0.652. The minimum atomic E-state index is -0.116. The lowest BCUT2D eigenvalue weighted by Gasteiger charge is -2.05. The van der Waals surface area contributed by atoms with Gasteiger partial charge in [-0.05, 0) is 50.0 Å². The zero-order valence-electron chi connectivity index (χ0n) is 8.45. The highest BCUT2D eigenvalue weighted by Gasteiger charge is 2.05. The summed E-state index contributed by atoms with van der Waals surface area (Å²) in [6, 6.07) is 0. The molecule has 1 heteroatoms. The van der Waals surface area contributed by atoms with E-state index in [2.05, 4.69) is 5.73 Å². The summed E-state index contributed by atoms with van der Waals surface area (Å²) in [6.45, 7) is 5.76. The second kappa shape index (κ2) is 4.25. The first-order valence-electron chi connectivity index (χ1n) is 4.63. The molecule has 0 saturated heterocycles. The van der Waals surface area contributed by atoms with Crippen LogP contribution in [-0.2, 0) is 0 Å². The maximum absolute atomic E-state index is 13.4. The Morgan fingerprint density at radius 2 is 2.15 bits per heavy atom. The maximum Gasteiger partial charge on any atom is 0.126 e. The first-order chi connectivity index (χ1) is 6.15. The van der Waals surface area contributed by atoms with Crippen LogP contribution in [0.4, 0.5) is 4.39 Å². The van der Waals surface area contributed by atoms with Crippen molar-refractivity contribution < 1.29 is 4.39 Å². The summed E-state index contributed by atoms with van der Waals surface area (Å²) in [4.78, 5) is 0. The molecule has 1 rings (SSSR count). The predicted octanol–water partition coefficient (Wildman–Crippen LogP) is 4.07. The van der Waals surface area contributed by atoms with Crippen LogP contribution in [0, 0.1) is 0 Å². The van der Waals surface area contributed by atoms with Crippen molar-refractivity contribution in [1.29, 1.82) is 0 Å². The summed E-state index contributed by atoms with van der Waals surface area (Å²) >= 11 is 0. The van der Waals surface area contributed by atoms with Gasteiger partial charge < -0.3 is 0 Å². The van der Waals surface area contributed by atoms with E-state index in [9.17, 15) is 4.39 Å². The molecule has 0 aromatic carbocycles. The molecule has 0 heterocycles. The maximum atomic E-state index is 13.4. The molecule has 0 nitrogen and oxygen atoms in total. The Balaban J connectivity index is 3.17. The van der Waals surface area contributed by atoms with Gasteiger partial charge in [0, 0.05) is 0 Å². The van der Waals surface area contributed by atoms with Crippen molar-refractivity contribution in [3.05, 3.63) is 40.4 Å². The molecule has 0 unspecified atom stereocenters. The van der Waals surface area contributed by atoms with Crippen LogP contribution in [0.3, 0.4) is 0 Å². The van der Waals surface area contributed by atoms with E-state index in [1.807, 2.05) is 26.8 Å². The Kier molecular flexibility index (Phi) is 3.27. The molecule has 0 bridgehead atoms. The van der Waals surface area contributed by atoms with Gasteiger partial charge in [-0.2, -0.15) is 0 Å². The summed E-state index contributed by atoms with van der Waals surface area (Å²) in [5.74, 6) is -0.116. The molecule has 1 aliphatic rings. The van der Waals surface area contributed by atoms with Crippen molar-refractivity contribution >= 4 is 0 Å². The van der Waals surface area contributed by atoms with Crippen molar-refractivity contribution in [1.82, 2.24) is 0 Å². The van der Waals surface area contributed by atoms with E-state index in [-0.39, 0.29) is 5.83 Å². The topological polar surface area (TPSA) is 0 Å². The predicted molar refractivity (Wildman–Crippen MR) is 54.1 cm³/mol. The third-order valence-electron chi connectivity index (χ3n) is 2.24. The van der Waals surface area contributed by atoms with E-state index >= 15 is 0 Å². The Morgan fingerprint density at radius 1 is 1.46 bits per heavy atom. The first kappa shape index (κ1) is 10.0. The second-order valence-electron chi connectivity index (χ2n) is 3.35. The SMILES string of the molecule is CCC1=C=CC/C(C)=C\C(F)=C/1C. The fourth-order valence-corrected chi connectivity index (χ4v) is 1.34. The monoisotopic (exact) mass is 178 g/mol. The highest BCUT2D eigenvalue weighted by atomic mass is 19.1. The number of hydrogen-bond donors (Lipinski definition) is 0. The van der Waals surface area contributed by atoms with Crippen LogP contribution in [0.15, 0.2) is 40.4 Å². The van der Waals surface area contributed by atoms with E-state index in [0.29, 0.717) is 0 Å². The first-order valence-corrected chi connectivity index (χ1v) is 4.63. The van der Waals surface area contributed by atoms with Crippen molar-refractivity contribution in [3.63, 3.8) is 0 Å². The van der Waals surface area contributed by atoms with Crippen LogP contribution < -0.4 is 0 Å². The molecule has 0 N–H and O–H groups in total. The highest BCUT2D eigenvalue weighted by Crippen LogP contribution is 2.22. The van der Waals surface area contributed by atoms with Gasteiger partial charge in [0.15, 0.2) is 0 Å². The van der Waals surface area contributed by atoms with Gasteiger partial charge in [0.2, 0.25) is 0 Å². The number of allylic oxidation sites excluding steroid dienone is 5. The van der Waals surface area contributed by atoms with Crippen molar-refractivity contribution in [3.8, 4) is 0 Å². The largest absolute Gasteiger partial charge is 0.207 e. The van der Waals surface area contributed by atoms with Crippen LogP contribution in [0.25, 0.3) is 0 Å². The molecular formula is C12H15F. The summed E-state index contributed by atoms with van der Waals surface area (Å²) in [5.41, 5.74) is 5.87. The van der Waals surface area contributed by atoms with Crippen LogP contribution in [0.1, 0.15) is 33.6 Å². The van der Waals surface area contributed by atoms with Gasteiger partial charge in [-0.15, -0.1) is 5.73 Å². The highest BCUT2D eigenvalue weighted by molar-refractivity contribution is 5.37. The Bertz CT molecular complexity index is 323. The third-order valence-corrected chi connectivity index (χ3v) is 2.24. The van der Waals surface area contributed by atoms with Crippen LogP contribution in [0.5, 0.6) is 0 Å². The van der Waals surface area contributed by atoms with Crippen molar-refractivity contribution in [2.45, 2.75) is 33.6 Å². The molecule has 0 saturated carbocycles. The average Bonchev–Trinajstić information content (AvgIpc) is 2.09. The van der Waals surface area contributed by atoms with E-state index < -0.39 is 0 Å². The lowest BCUT2D eigenvalue weighted by atomic mass is 10.0. The van der Waals surface area contributed by atoms with Gasteiger partial charge in [-0.1, -0.05) is 12.5 Å². The van der Waals surface area contributed by atoms with Crippen LogP contribution >= 0.6 is 0 Å². The Hall–Kier alpha value is -1.07. The summed E-state index contributed by atoms with van der Waals surface area (Å²) < 4.78 is 13.4. The molecule has 0 atom stereocenters. The molecule has 0 fully saturated rings. The fraction of sp³-hybridized carbons (Fsp3) is 0.417. The molecule has 0 aliphatic heterocycles. The summed E-state index contributed by atoms with van der Waals surface area (Å²) in [6.07, 6.45) is 5.22. The normalized spacial score (nSPS) is 27.4. The molecule has 13 heavy (non-hydrogen) atoms. The van der Waals surface area contributed by atoms with Gasteiger partial charge in [0.05, 0.1) is 0 Å². The van der Waals surface area contributed by atoms with Gasteiger partial charge >= 0.3 is 0 Å². The van der Waals surface area contributed by atoms with Gasteiger partial charge in [-0.25, -0.2) is 4.39 Å². The zero-order chi connectivity index (χ0) is 9.84. The number of rotatable bonds is 1. The Morgan fingerprint density at radius 3 is 2.77 bits per heavy atom. The molecular weight excluding hydrogens is 163 g/mol.